The number of hydrogen-bond acceptors (Lipinski definition) is 3. The average molecular weight is 229 g/mol. The summed E-state index contributed by atoms with van der Waals surface area (Å²) in [6, 6.07) is 0. The molecule has 0 fully saturated rings. The van der Waals surface area contributed by atoms with Crippen LogP contribution in [-0.4, -0.2) is 45.0 Å². The quantitative estimate of drug-likeness (QED) is 0.550. The lowest BCUT2D eigenvalue weighted by Crippen LogP contribution is -2.25. The lowest BCUT2D eigenvalue weighted by Gasteiger charge is -2.18. The van der Waals surface area contributed by atoms with E-state index < -0.39 is 7.60 Å². The van der Waals surface area contributed by atoms with Gasteiger partial charge in [0, 0.05) is 13.6 Å². The largest absolute Gasteiger partial charge is 0.360 e. The summed E-state index contributed by atoms with van der Waals surface area (Å²) < 4.78 is 11.1. The van der Waals surface area contributed by atoms with Gasteiger partial charge in [-0.25, -0.2) is 0 Å². The second-order valence-electron chi connectivity index (χ2n) is 2.28. The molecule has 0 bridgehead atoms. The molecule has 0 radical (unpaired) electrons. The van der Waals surface area contributed by atoms with Gasteiger partial charge in [-0.2, -0.15) is 0 Å². The Bertz CT molecular complexity index is 205. The molecule has 0 saturated heterocycles. The number of hydrogen-bond donors (Lipinski definition) is 2. The van der Waals surface area contributed by atoms with E-state index in [-0.39, 0.29) is 6.16 Å². The number of thioether (sulfide) groups is 1. The predicted molar refractivity (Wildman–Crippen MR) is 55.7 cm³/mol. The first-order valence-electron chi connectivity index (χ1n) is 3.20. The maximum absolute atomic E-state index is 10.5. The van der Waals surface area contributed by atoms with Gasteiger partial charge in [0.2, 0.25) is 0 Å². The van der Waals surface area contributed by atoms with Gasteiger partial charge in [0.1, 0.15) is 4.32 Å². The molecule has 0 aliphatic heterocycles. The molecule has 0 aliphatic rings. The van der Waals surface area contributed by atoms with Crippen molar-refractivity contribution in [3.63, 3.8) is 0 Å². The lowest BCUT2D eigenvalue weighted by molar-refractivity contribution is 0.367. The fraction of sp³-hybridized carbons (Fsp3) is 0.800. The highest BCUT2D eigenvalue weighted by Gasteiger charge is 2.14. The zero-order valence-electron chi connectivity index (χ0n) is 6.93. The fourth-order valence-electron chi connectivity index (χ4n) is 0.527. The van der Waals surface area contributed by atoms with Gasteiger partial charge in [-0.15, -0.1) is 11.8 Å². The van der Waals surface area contributed by atoms with Gasteiger partial charge in [0.15, 0.2) is 0 Å². The molecular weight excluding hydrogens is 217 g/mol. The zero-order valence-corrected chi connectivity index (χ0v) is 9.46. The highest BCUT2D eigenvalue weighted by atomic mass is 32.2. The second kappa shape index (κ2) is 5.19. The van der Waals surface area contributed by atoms with Gasteiger partial charge in [-0.05, 0) is 6.26 Å². The third kappa shape index (κ3) is 5.97. The van der Waals surface area contributed by atoms with Crippen LogP contribution in [0.2, 0.25) is 0 Å². The van der Waals surface area contributed by atoms with Crippen molar-refractivity contribution >= 4 is 35.9 Å². The normalized spacial score (nSPS) is 11.3. The van der Waals surface area contributed by atoms with E-state index in [1.54, 1.807) is 11.9 Å². The number of rotatable bonds is 3. The van der Waals surface area contributed by atoms with E-state index in [4.69, 9.17) is 22.0 Å². The molecule has 2 N–H and O–H groups in total. The van der Waals surface area contributed by atoms with Gasteiger partial charge in [0.05, 0.1) is 6.16 Å². The van der Waals surface area contributed by atoms with Crippen LogP contribution >= 0.6 is 31.6 Å². The van der Waals surface area contributed by atoms with Crippen LogP contribution in [-0.2, 0) is 4.57 Å². The van der Waals surface area contributed by atoms with Crippen LogP contribution in [0.25, 0.3) is 0 Å². The Morgan fingerprint density at radius 1 is 1.67 bits per heavy atom. The van der Waals surface area contributed by atoms with Crippen molar-refractivity contribution in [3.8, 4) is 0 Å². The van der Waals surface area contributed by atoms with Gasteiger partial charge in [-0.1, -0.05) is 12.2 Å². The van der Waals surface area contributed by atoms with Crippen molar-refractivity contribution in [3.05, 3.63) is 0 Å². The molecule has 12 heavy (non-hydrogen) atoms. The average Bonchev–Trinajstić information content (AvgIpc) is 1.97. The van der Waals surface area contributed by atoms with E-state index >= 15 is 0 Å². The van der Waals surface area contributed by atoms with E-state index in [0.717, 1.165) is 0 Å². The summed E-state index contributed by atoms with van der Waals surface area (Å²) in [5.74, 6) is 0. The Labute approximate surface area is 81.5 Å². The van der Waals surface area contributed by atoms with Gasteiger partial charge in [0.25, 0.3) is 0 Å². The minimum Gasteiger partial charge on any atom is -0.360 e. The Morgan fingerprint density at radius 2 is 2.17 bits per heavy atom. The Kier molecular flexibility index (Phi) is 5.36. The number of thiocarbonyl (C=S) groups is 1. The Balaban J connectivity index is 3.79. The molecule has 0 aromatic rings. The smallest absolute Gasteiger partial charge is 0.327 e. The predicted octanol–water partition coefficient (Wildman–Crippen LogP) is 0.744. The van der Waals surface area contributed by atoms with Crippen LogP contribution in [0.5, 0.6) is 0 Å². The molecule has 0 aromatic heterocycles. The second-order valence-corrected chi connectivity index (χ2v) is 5.50. The summed E-state index contributed by atoms with van der Waals surface area (Å²) >= 11 is 6.29. The first-order chi connectivity index (χ1) is 5.37. The highest BCUT2D eigenvalue weighted by Crippen LogP contribution is 2.33. The van der Waals surface area contributed by atoms with Crippen LogP contribution in [0.1, 0.15) is 0 Å². The van der Waals surface area contributed by atoms with Crippen LogP contribution in [0.15, 0.2) is 0 Å². The highest BCUT2D eigenvalue weighted by molar-refractivity contribution is 8.22. The summed E-state index contributed by atoms with van der Waals surface area (Å²) in [6.07, 6.45) is 1.68. The summed E-state index contributed by atoms with van der Waals surface area (Å²) in [6.45, 7) is 0.296. The first kappa shape index (κ1) is 12.4. The zero-order chi connectivity index (χ0) is 9.78. The van der Waals surface area contributed by atoms with Gasteiger partial charge < -0.3 is 14.7 Å². The van der Waals surface area contributed by atoms with Crippen molar-refractivity contribution in [2.75, 3.05) is 26.0 Å². The molecule has 0 atom stereocenters. The molecule has 72 valence electrons. The fourth-order valence-corrected chi connectivity index (χ4v) is 1.58. The van der Waals surface area contributed by atoms with Crippen molar-refractivity contribution in [2.24, 2.45) is 0 Å². The van der Waals surface area contributed by atoms with E-state index in [0.29, 0.717) is 10.9 Å². The monoisotopic (exact) mass is 229 g/mol. The molecule has 0 heterocycles. The summed E-state index contributed by atoms with van der Waals surface area (Å²) in [4.78, 5) is 18.8. The molecule has 0 amide bonds. The van der Waals surface area contributed by atoms with Crippen LogP contribution < -0.4 is 0 Å². The summed E-state index contributed by atoms with van der Waals surface area (Å²) in [5.41, 5.74) is 0. The molecular formula is C5H12NO3PS2. The molecule has 0 spiro atoms. The Morgan fingerprint density at radius 3 is 2.50 bits per heavy atom. The Hall–Kier alpha value is 0.390. The molecule has 0 saturated carbocycles. The molecule has 4 nitrogen and oxygen atoms in total. The lowest BCUT2D eigenvalue weighted by atomic mass is 10.7. The van der Waals surface area contributed by atoms with E-state index in [1.165, 1.54) is 11.8 Å². The minimum atomic E-state index is -3.88. The molecule has 0 rings (SSSR count). The maximum Gasteiger partial charge on any atom is 0.327 e. The van der Waals surface area contributed by atoms with E-state index in [9.17, 15) is 4.57 Å². The number of nitrogens with zero attached hydrogens (tertiary/aromatic N) is 1. The first-order valence-corrected chi connectivity index (χ1v) is 6.63. The third-order valence-electron chi connectivity index (χ3n) is 1.21. The van der Waals surface area contributed by atoms with E-state index in [2.05, 4.69) is 0 Å². The molecule has 7 heteroatoms. The minimum absolute atomic E-state index is 0.149. The van der Waals surface area contributed by atoms with Crippen molar-refractivity contribution in [2.45, 2.75) is 0 Å². The molecule has 0 aliphatic carbocycles. The van der Waals surface area contributed by atoms with Crippen molar-refractivity contribution in [1.29, 1.82) is 0 Å². The maximum atomic E-state index is 10.5. The van der Waals surface area contributed by atoms with Crippen LogP contribution in [0.3, 0.4) is 0 Å². The standard InChI is InChI=1S/C5H12NO3PS2/c1-6(5(11)12-2)3-4-10(7,8)9/h3-4H2,1-2H3,(H2,7,8,9). The van der Waals surface area contributed by atoms with Gasteiger partial charge in [-0.3, -0.25) is 4.57 Å². The van der Waals surface area contributed by atoms with Crippen molar-refractivity contribution in [1.82, 2.24) is 4.90 Å². The third-order valence-corrected chi connectivity index (χ3v) is 3.47. The SMILES string of the molecule is CSC(=S)N(C)CCP(=O)(O)O. The van der Waals surface area contributed by atoms with E-state index in [1.807, 2.05) is 6.26 Å². The summed E-state index contributed by atoms with van der Waals surface area (Å²) in [5, 5.41) is 0. The molecule has 0 unspecified atom stereocenters. The van der Waals surface area contributed by atoms with Crippen LogP contribution in [0.4, 0.5) is 0 Å². The van der Waals surface area contributed by atoms with Gasteiger partial charge >= 0.3 is 7.60 Å². The summed E-state index contributed by atoms with van der Waals surface area (Å²) in [7, 11) is -2.16. The topological polar surface area (TPSA) is 60.8 Å². The van der Waals surface area contributed by atoms with Crippen LogP contribution in [0, 0.1) is 0 Å². The van der Waals surface area contributed by atoms with Crippen molar-refractivity contribution < 1.29 is 14.4 Å². The molecule has 0 aromatic carbocycles.